The fourth-order valence-corrected chi connectivity index (χ4v) is 2.60. The monoisotopic (exact) mass is 368 g/mol. The summed E-state index contributed by atoms with van der Waals surface area (Å²) < 4.78 is 5.04. The minimum Gasteiger partial charge on any atom is -0.456 e. The highest BCUT2D eigenvalue weighted by atomic mass is 16.5. The average Bonchev–Trinajstić information content (AvgIpc) is 2.67. The molecule has 6 nitrogen and oxygen atoms in total. The Kier molecular flexibility index (Phi) is 8.03. The van der Waals surface area contributed by atoms with Crippen molar-refractivity contribution < 1.29 is 19.1 Å². The summed E-state index contributed by atoms with van der Waals surface area (Å²) in [7, 11) is 0. The van der Waals surface area contributed by atoms with Crippen molar-refractivity contribution in [3.05, 3.63) is 71.8 Å². The maximum Gasteiger partial charge on any atom is 0.308 e. The van der Waals surface area contributed by atoms with Gasteiger partial charge in [0.15, 0.2) is 6.61 Å². The van der Waals surface area contributed by atoms with Crippen LogP contribution in [-0.2, 0) is 25.5 Å². The molecular weight excluding hydrogens is 344 g/mol. The van der Waals surface area contributed by atoms with Crippen LogP contribution >= 0.6 is 0 Å². The van der Waals surface area contributed by atoms with Crippen LogP contribution in [0.1, 0.15) is 30.5 Å². The van der Waals surface area contributed by atoms with E-state index < -0.39 is 12.0 Å². The van der Waals surface area contributed by atoms with Crippen molar-refractivity contribution in [1.82, 2.24) is 10.6 Å². The summed E-state index contributed by atoms with van der Waals surface area (Å²) >= 11 is 0. The molecular formula is C21H24N2O4. The number of hydrogen-bond acceptors (Lipinski definition) is 4. The molecule has 0 saturated carbocycles. The van der Waals surface area contributed by atoms with E-state index in [-0.39, 0.29) is 24.8 Å². The minimum atomic E-state index is -0.546. The quantitative estimate of drug-likeness (QED) is 0.664. The number of nitrogens with one attached hydrogen (secondary N) is 2. The Morgan fingerprint density at radius 1 is 0.963 bits per heavy atom. The Balaban J connectivity index is 1.74. The van der Waals surface area contributed by atoms with E-state index in [9.17, 15) is 14.4 Å². The molecule has 0 aliphatic rings. The van der Waals surface area contributed by atoms with E-state index in [1.165, 1.54) is 6.92 Å². The molecule has 0 saturated heterocycles. The third-order valence-electron chi connectivity index (χ3n) is 3.89. The van der Waals surface area contributed by atoms with Gasteiger partial charge in [0.25, 0.3) is 5.91 Å². The average molecular weight is 368 g/mol. The van der Waals surface area contributed by atoms with E-state index in [0.717, 1.165) is 11.1 Å². The molecule has 0 aromatic heterocycles. The molecule has 0 bridgehead atoms. The van der Waals surface area contributed by atoms with Crippen LogP contribution in [0.15, 0.2) is 60.7 Å². The van der Waals surface area contributed by atoms with Crippen LogP contribution in [0.5, 0.6) is 0 Å². The van der Waals surface area contributed by atoms with Crippen LogP contribution < -0.4 is 10.6 Å². The smallest absolute Gasteiger partial charge is 0.308 e. The van der Waals surface area contributed by atoms with Crippen molar-refractivity contribution in [2.45, 2.75) is 25.8 Å². The zero-order valence-electron chi connectivity index (χ0n) is 15.3. The van der Waals surface area contributed by atoms with Gasteiger partial charge < -0.3 is 15.4 Å². The highest BCUT2D eigenvalue weighted by Crippen LogP contribution is 2.17. The third-order valence-corrected chi connectivity index (χ3v) is 3.89. The molecule has 0 unspecified atom stereocenters. The second-order valence-electron chi connectivity index (χ2n) is 6.11. The number of amides is 2. The van der Waals surface area contributed by atoms with Crippen molar-refractivity contribution in [3.63, 3.8) is 0 Å². The molecule has 2 N–H and O–H groups in total. The standard InChI is InChI=1S/C21H24N2O4/c1-16(24)23-19(18-10-6-3-7-11-18)14-21(26)27-15-20(25)22-13-12-17-8-4-2-5-9-17/h2-11,19H,12-15H2,1H3,(H,22,25)(H,23,24)/t19-/m1/s1. The van der Waals surface area contributed by atoms with Gasteiger partial charge in [0.2, 0.25) is 5.91 Å². The van der Waals surface area contributed by atoms with E-state index in [4.69, 9.17) is 4.74 Å². The van der Waals surface area contributed by atoms with Gasteiger partial charge in [0, 0.05) is 13.5 Å². The van der Waals surface area contributed by atoms with E-state index >= 15 is 0 Å². The maximum atomic E-state index is 12.1. The van der Waals surface area contributed by atoms with E-state index in [0.29, 0.717) is 13.0 Å². The van der Waals surface area contributed by atoms with Crippen molar-refractivity contribution in [2.24, 2.45) is 0 Å². The maximum absolute atomic E-state index is 12.1. The van der Waals surface area contributed by atoms with Gasteiger partial charge in [-0.2, -0.15) is 0 Å². The Morgan fingerprint density at radius 2 is 1.59 bits per heavy atom. The third kappa shape index (κ3) is 7.73. The van der Waals surface area contributed by atoms with Crippen LogP contribution in [0, 0.1) is 0 Å². The lowest BCUT2D eigenvalue weighted by Gasteiger charge is -2.17. The highest BCUT2D eigenvalue weighted by molar-refractivity contribution is 5.81. The zero-order valence-corrected chi connectivity index (χ0v) is 15.3. The van der Waals surface area contributed by atoms with Gasteiger partial charge >= 0.3 is 5.97 Å². The van der Waals surface area contributed by atoms with E-state index in [2.05, 4.69) is 10.6 Å². The lowest BCUT2D eigenvalue weighted by molar-refractivity contribution is -0.149. The van der Waals surface area contributed by atoms with Crippen molar-refractivity contribution in [3.8, 4) is 0 Å². The van der Waals surface area contributed by atoms with E-state index in [1.807, 2.05) is 60.7 Å². The molecule has 0 heterocycles. The summed E-state index contributed by atoms with van der Waals surface area (Å²) in [6.45, 7) is 1.52. The summed E-state index contributed by atoms with van der Waals surface area (Å²) in [6.07, 6.45) is 0.667. The highest BCUT2D eigenvalue weighted by Gasteiger charge is 2.18. The molecule has 6 heteroatoms. The molecule has 2 amide bonds. The Morgan fingerprint density at radius 3 is 2.22 bits per heavy atom. The molecule has 0 aliphatic heterocycles. The number of carbonyl (C=O) groups is 3. The second kappa shape index (κ2) is 10.8. The summed E-state index contributed by atoms with van der Waals surface area (Å²) in [4.78, 5) is 35.3. The molecule has 1 atom stereocenters. The second-order valence-corrected chi connectivity index (χ2v) is 6.11. The molecule has 0 aliphatic carbocycles. The summed E-state index contributed by atoms with van der Waals surface area (Å²) in [5.41, 5.74) is 1.92. The first-order valence-electron chi connectivity index (χ1n) is 8.83. The number of rotatable bonds is 9. The van der Waals surface area contributed by atoms with Crippen molar-refractivity contribution >= 4 is 17.8 Å². The van der Waals surface area contributed by atoms with Gasteiger partial charge in [-0.15, -0.1) is 0 Å². The number of ether oxygens (including phenoxy) is 1. The molecule has 2 aromatic carbocycles. The number of hydrogen-bond donors (Lipinski definition) is 2. The van der Waals surface area contributed by atoms with Crippen molar-refractivity contribution in [1.29, 1.82) is 0 Å². The van der Waals surface area contributed by atoms with Gasteiger partial charge in [0.1, 0.15) is 0 Å². The zero-order chi connectivity index (χ0) is 19.5. The first kappa shape index (κ1) is 20.2. The van der Waals surface area contributed by atoms with Crippen LogP contribution in [-0.4, -0.2) is 30.9 Å². The van der Waals surface area contributed by atoms with Gasteiger partial charge in [-0.1, -0.05) is 60.7 Å². The minimum absolute atomic E-state index is 0.0408. The first-order valence-corrected chi connectivity index (χ1v) is 8.83. The fraction of sp³-hybridized carbons (Fsp3) is 0.286. The summed E-state index contributed by atoms with van der Waals surface area (Å²) in [5, 5.41) is 5.44. The van der Waals surface area contributed by atoms with Gasteiger partial charge in [-0.05, 0) is 17.5 Å². The van der Waals surface area contributed by atoms with Gasteiger partial charge in [0.05, 0.1) is 12.5 Å². The lowest BCUT2D eigenvalue weighted by Crippen LogP contribution is -2.32. The Bertz CT molecular complexity index is 747. The van der Waals surface area contributed by atoms with Crippen LogP contribution in [0.25, 0.3) is 0 Å². The summed E-state index contributed by atoms with van der Waals surface area (Å²) in [5.74, 6) is -1.14. The Hall–Kier alpha value is -3.15. The van der Waals surface area contributed by atoms with Crippen molar-refractivity contribution in [2.75, 3.05) is 13.2 Å². The van der Waals surface area contributed by atoms with Crippen LogP contribution in [0.2, 0.25) is 0 Å². The predicted molar refractivity (Wildman–Crippen MR) is 102 cm³/mol. The largest absolute Gasteiger partial charge is 0.456 e. The molecule has 2 rings (SSSR count). The molecule has 0 radical (unpaired) electrons. The van der Waals surface area contributed by atoms with Gasteiger partial charge in [-0.3, -0.25) is 14.4 Å². The molecule has 142 valence electrons. The number of esters is 1. The first-order chi connectivity index (χ1) is 13.0. The molecule has 2 aromatic rings. The topological polar surface area (TPSA) is 84.5 Å². The molecule has 0 spiro atoms. The normalized spacial score (nSPS) is 11.3. The fourth-order valence-electron chi connectivity index (χ4n) is 2.60. The molecule has 27 heavy (non-hydrogen) atoms. The van der Waals surface area contributed by atoms with E-state index in [1.54, 1.807) is 0 Å². The molecule has 0 fully saturated rings. The van der Waals surface area contributed by atoms with Gasteiger partial charge in [-0.25, -0.2) is 0 Å². The Labute approximate surface area is 158 Å². The lowest BCUT2D eigenvalue weighted by atomic mass is 10.0. The van der Waals surface area contributed by atoms with Crippen LogP contribution in [0.3, 0.4) is 0 Å². The number of benzene rings is 2. The SMILES string of the molecule is CC(=O)N[C@H](CC(=O)OCC(=O)NCCc1ccccc1)c1ccccc1. The van der Waals surface area contributed by atoms with Crippen LogP contribution in [0.4, 0.5) is 0 Å². The predicted octanol–water partition coefficient (Wildman–Crippen LogP) is 2.16. The number of carbonyl (C=O) groups excluding carboxylic acids is 3. The summed E-state index contributed by atoms with van der Waals surface area (Å²) in [6, 6.07) is 18.5.